The van der Waals surface area contributed by atoms with Crippen molar-refractivity contribution < 1.29 is 17.6 Å². The maximum Gasteiger partial charge on any atom is 0.238 e. The van der Waals surface area contributed by atoms with E-state index < -0.39 is 9.84 Å². The van der Waals surface area contributed by atoms with Gasteiger partial charge in [-0.2, -0.15) is 0 Å². The van der Waals surface area contributed by atoms with Crippen LogP contribution >= 0.6 is 0 Å². The molecule has 1 aliphatic heterocycles. The van der Waals surface area contributed by atoms with Crippen LogP contribution in [0.4, 0.5) is 5.69 Å². The number of benzene rings is 1. The molecule has 26 heavy (non-hydrogen) atoms. The average molecular weight is 376 g/mol. The number of carbonyl (C=O) groups is 1. The van der Waals surface area contributed by atoms with Crippen LogP contribution in [-0.2, 0) is 21.2 Å². The molecule has 1 atom stereocenters. The lowest BCUT2D eigenvalue weighted by molar-refractivity contribution is -0.118. The van der Waals surface area contributed by atoms with Crippen molar-refractivity contribution in [2.45, 2.75) is 32.9 Å². The van der Waals surface area contributed by atoms with Crippen molar-refractivity contribution in [2.75, 3.05) is 23.4 Å². The molecule has 0 aliphatic carbocycles. The first kappa shape index (κ1) is 18.7. The zero-order valence-electron chi connectivity index (χ0n) is 15.1. The van der Waals surface area contributed by atoms with Crippen LogP contribution in [0.25, 0.3) is 0 Å². The van der Waals surface area contributed by atoms with E-state index in [9.17, 15) is 13.2 Å². The third-order valence-corrected chi connectivity index (χ3v) is 6.64. The first-order chi connectivity index (χ1) is 12.3. The van der Waals surface area contributed by atoms with Crippen LogP contribution in [0.15, 0.2) is 41.0 Å². The summed E-state index contributed by atoms with van der Waals surface area (Å²) in [6.45, 7) is 4.49. The van der Waals surface area contributed by atoms with E-state index in [-0.39, 0.29) is 30.0 Å². The summed E-state index contributed by atoms with van der Waals surface area (Å²) in [4.78, 5) is 14.5. The summed E-state index contributed by atoms with van der Waals surface area (Å²) in [6.07, 6.45) is 2.12. The van der Waals surface area contributed by atoms with Crippen molar-refractivity contribution in [3.63, 3.8) is 0 Å². The molecule has 1 N–H and O–H groups in total. The fourth-order valence-electron chi connectivity index (χ4n) is 3.24. The molecule has 0 radical (unpaired) electrons. The first-order valence-electron chi connectivity index (χ1n) is 8.67. The number of hydrogen-bond acceptors (Lipinski definition) is 5. The lowest BCUT2D eigenvalue weighted by Crippen LogP contribution is -2.41. The van der Waals surface area contributed by atoms with Crippen molar-refractivity contribution >= 4 is 21.4 Å². The van der Waals surface area contributed by atoms with E-state index in [0.29, 0.717) is 18.7 Å². The Morgan fingerprint density at radius 3 is 2.73 bits per heavy atom. The number of hydrogen-bond donors (Lipinski definition) is 1. The van der Waals surface area contributed by atoms with Crippen LogP contribution in [0.1, 0.15) is 23.3 Å². The van der Waals surface area contributed by atoms with Gasteiger partial charge in [-0.05, 0) is 49.6 Å². The molecule has 2 aromatic rings. The SMILES string of the molecule is Cc1cccc(NC(=O)CN(Cc2ccco2)[C@@H]2CCS(=O)(=O)C2)c1C. The molecule has 1 fully saturated rings. The van der Waals surface area contributed by atoms with E-state index in [2.05, 4.69) is 5.32 Å². The van der Waals surface area contributed by atoms with Crippen molar-refractivity contribution in [3.05, 3.63) is 53.5 Å². The van der Waals surface area contributed by atoms with E-state index in [1.807, 2.05) is 43.0 Å². The largest absolute Gasteiger partial charge is 0.468 e. The van der Waals surface area contributed by atoms with Crippen LogP contribution in [0.2, 0.25) is 0 Å². The highest BCUT2D eigenvalue weighted by atomic mass is 32.2. The molecule has 0 spiro atoms. The van der Waals surface area contributed by atoms with Crippen LogP contribution in [0.5, 0.6) is 0 Å². The molecule has 6 nitrogen and oxygen atoms in total. The Labute approximate surface area is 154 Å². The second kappa shape index (κ2) is 7.63. The summed E-state index contributed by atoms with van der Waals surface area (Å²) >= 11 is 0. The highest BCUT2D eigenvalue weighted by molar-refractivity contribution is 7.91. The normalized spacial score (nSPS) is 19.0. The standard InChI is InChI=1S/C19H24N2O4S/c1-14-5-3-7-18(15(14)2)20-19(22)12-21(11-17-6-4-9-25-17)16-8-10-26(23,24)13-16/h3-7,9,16H,8,10-13H2,1-2H3,(H,20,22)/t16-/m1/s1. The van der Waals surface area contributed by atoms with E-state index in [0.717, 1.165) is 16.8 Å². The number of nitrogens with one attached hydrogen (secondary N) is 1. The number of furan rings is 1. The van der Waals surface area contributed by atoms with Gasteiger partial charge in [0.2, 0.25) is 5.91 Å². The van der Waals surface area contributed by atoms with E-state index >= 15 is 0 Å². The highest BCUT2D eigenvalue weighted by Crippen LogP contribution is 2.21. The van der Waals surface area contributed by atoms with Crippen molar-refractivity contribution in [3.8, 4) is 0 Å². The van der Waals surface area contributed by atoms with Gasteiger partial charge in [0.15, 0.2) is 9.84 Å². The third-order valence-electron chi connectivity index (χ3n) is 4.89. The smallest absolute Gasteiger partial charge is 0.238 e. The predicted molar refractivity (Wildman–Crippen MR) is 101 cm³/mol. The summed E-state index contributed by atoms with van der Waals surface area (Å²) in [5.74, 6) is 0.818. The molecule has 1 aromatic carbocycles. The summed E-state index contributed by atoms with van der Waals surface area (Å²) < 4.78 is 29.1. The monoisotopic (exact) mass is 376 g/mol. The average Bonchev–Trinajstić information content (AvgIpc) is 3.20. The lowest BCUT2D eigenvalue weighted by atomic mass is 10.1. The number of rotatable bonds is 6. The fourth-order valence-corrected chi connectivity index (χ4v) is 5.00. The van der Waals surface area contributed by atoms with E-state index in [1.165, 1.54) is 0 Å². The number of nitrogens with zero attached hydrogens (tertiary/aromatic N) is 1. The molecule has 140 valence electrons. The molecule has 3 rings (SSSR count). The van der Waals surface area contributed by atoms with Crippen LogP contribution in [-0.4, -0.2) is 43.3 Å². The van der Waals surface area contributed by atoms with Gasteiger partial charge in [-0.25, -0.2) is 8.42 Å². The zero-order chi connectivity index (χ0) is 18.7. The Kier molecular flexibility index (Phi) is 5.48. The van der Waals surface area contributed by atoms with Gasteiger partial charge in [0.05, 0.1) is 30.9 Å². The topological polar surface area (TPSA) is 79.6 Å². The van der Waals surface area contributed by atoms with Crippen LogP contribution in [0, 0.1) is 13.8 Å². The van der Waals surface area contributed by atoms with Gasteiger partial charge in [-0.15, -0.1) is 0 Å². The summed E-state index contributed by atoms with van der Waals surface area (Å²) in [5.41, 5.74) is 2.92. The number of anilines is 1. The zero-order valence-corrected chi connectivity index (χ0v) is 15.9. The molecule has 1 aliphatic rings. The highest BCUT2D eigenvalue weighted by Gasteiger charge is 2.33. The molecule has 2 heterocycles. The Hall–Kier alpha value is -2.12. The van der Waals surface area contributed by atoms with Crippen molar-refractivity contribution in [1.82, 2.24) is 4.90 Å². The van der Waals surface area contributed by atoms with Gasteiger partial charge in [0.25, 0.3) is 0 Å². The van der Waals surface area contributed by atoms with Gasteiger partial charge >= 0.3 is 0 Å². The molecule has 0 bridgehead atoms. The molecule has 0 saturated carbocycles. The molecule has 1 amide bonds. The summed E-state index contributed by atoms with van der Waals surface area (Å²) in [5, 5.41) is 2.94. The maximum absolute atomic E-state index is 12.6. The minimum Gasteiger partial charge on any atom is -0.468 e. The summed E-state index contributed by atoms with van der Waals surface area (Å²) in [6, 6.07) is 9.22. The van der Waals surface area contributed by atoms with Gasteiger partial charge < -0.3 is 9.73 Å². The first-order valence-corrected chi connectivity index (χ1v) is 10.5. The number of sulfone groups is 1. The number of amides is 1. The third kappa shape index (κ3) is 4.53. The molecular formula is C19H24N2O4S. The molecule has 1 saturated heterocycles. The van der Waals surface area contributed by atoms with Crippen LogP contribution < -0.4 is 5.32 Å². The van der Waals surface area contributed by atoms with Crippen LogP contribution in [0.3, 0.4) is 0 Å². The Morgan fingerprint density at radius 1 is 1.27 bits per heavy atom. The van der Waals surface area contributed by atoms with Gasteiger partial charge in [0.1, 0.15) is 5.76 Å². The van der Waals surface area contributed by atoms with Gasteiger partial charge in [-0.1, -0.05) is 12.1 Å². The number of carbonyl (C=O) groups excluding carboxylic acids is 1. The van der Waals surface area contributed by atoms with Gasteiger partial charge in [-0.3, -0.25) is 9.69 Å². The minimum atomic E-state index is -3.03. The Balaban J connectivity index is 1.72. The van der Waals surface area contributed by atoms with Gasteiger partial charge in [0, 0.05) is 11.7 Å². The van der Waals surface area contributed by atoms with Crippen molar-refractivity contribution in [1.29, 1.82) is 0 Å². The molecule has 7 heteroatoms. The fraction of sp³-hybridized carbons (Fsp3) is 0.421. The lowest BCUT2D eigenvalue weighted by Gasteiger charge is -2.26. The molecule has 0 unspecified atom stereocenters. The van der Waals surface area contributed by atoms with E-state index in [4.69, 9.17) is 4.42 Å². The maximum atomic E-state index is 12.6. The second-order valence-corrected chi connectivity index (χ2v) is 9.07. The van der Waals surface area contributed by atoms with Crippen molar-refractivity contribution in [2.24, 2.45) is 0 Å². The minimum absolute atomic E-state index is 0.0878. The number of aryl methyl sites for hydroxylation is 1. The second-order valence-electron chi connectivity index (χ2n) is 6.84. The summed E-state index contributed by atoms with van der Waals surface area (Å²) in [7, 11) is -3.03. The Bertz CT molecular complexity index is 875. The van der Waals surface area contributed by atoms with E-state index in [1.54, 1.807) is 12.3 Å². The quantitative estimate of drug-likeness (QED) is 0.838. The predicted octanol–water partition coefficient (Wildman–Crippen LogP) is 2.52. The molecule has 1 aromatic heterocycles. The Morgan fingerprint density at radius 2 is 2.08 bits per heavy atom. The molecular weight excluding hydrogens is 352 g/mol.